The van der Waals surface area contributed by atoms with E-state index < -0.39 is 0 Å². The summed E-state index contributed by atoms with van der Waals surface area (Å²) in [6.45, 7) is 3.76. The lowest BCUT2D eigenvalue weighted by molar-refractivity contribution is 1.56. The molecule has 0 aliphatic carbocycles. The van der Waals surface area contributed by atoms with Crippen LogP contribution in [0.4, 0.5) is 5.69 Å². The largest absolute Gasteiger partial charge is 0.398 e. The molecule has 2 N–H and O–H groups in total. The molecule has 1 nitrogen and oxygen atoms in total. The SMILES string of the molecule is C=Cc1ccc(Br)c(-c2ccccc2)c1N. The first kappa shape index (κ1) is 11.0. The highest BCUT2D eigenvalue weighted by molar-refractivity contribution is 9.10. The maximum Gasteiger partial charge on any atom is 0.0478 e. The van der Waals surface area contributed by atoms with E-state index in [0.717, 1.165) is 26.9 Å². The van der Waals surface area contributed by atoms with Crippen LogP contribution < -0.4 is 5.73 Å². The molecule has 80 valence electrons. The van der Waals surface area contributed by atoms with Crippen LogP contribution in [0.2, 0.25) is 0 Å². The van der Waals surface area contributed by atoms with Crippen LogP contribution in [0.15, 0.2) is 53.5 Å². The fourth-order valence-electron chi connectivity index (χ4n) is 1.69. The standard InChI is InChI=1S/C14H12BrN/c1-2-10-8-9-12(15)13(14(10)16)11-6-4-3-5-7-11/h2-9H,1,16H2. The summed E-state index contributed by atoms with van der Waals surface area (Å²) in [5.41, 5.74) is 9.98. The Bertz CT molecular complexity index is 518. The number of anilines is 1. The number of halogens is 1. The van der Waals surface area contributed by atoms with Crippen molar-refractivity contribution in [3.63, 3.8) is 0 Å². The minimum atomic E-state index is 0.760. The Morgan fingerprint density at radius 1 is 1.06 bits per heavy atom. The van der Waals surface area contributed by atoms with Gasteiger partial charge in [0, 0.05) is 15.7 Å². The first-order valence-electron chi connectivity index (χ1n) is 5.00. The lowest BCUT2D eigenvalue weighted by Gasteiger charge is -2.11. The zero-order valence-electron chi connectivity index (χ0n) is 8.78. The van der Waals surface area contributed by atoms with E-state index in [9.17, 15) is 0 Å². The quantitative estimate of drug-likeness (QED) is 0.810. The number of benzene rings is 2. The number of hydrogen-bond donors (Lipinski definition) is 1. The molecule has 0 bridgehead atoms. The molecule has 0 amide bonds. The van der Waals surface area contributed by atoms with Gasteiger partial charge in [-0.2, -0.15) is 0 Å². The van der Waals surface area contributed by atoms with E-state index in [1.165, 1.54) is 0 Å². The molecule has 0 atom stereocenters. The van der Waals surface area contributed by atoms with E-state index in [4.69, 9.17) is 5.73 Å². The molecule has 16 heavy (non-hydrogen) atoms. The third kappa shape index (κ3) is 1.89. The molecule has 2 aromatic rings. The molecule has 0 saturated carbocycles. The van der Waals surface area contributed by atoms with Gasteiger partial charge < -0.3 is 5.73 Å². The van der Waals surface area contributed by atoms with Crippen LogP contribution in [-0.2, 0) is 0 Å². The Labute approximate surface area is 104 Å². The van der Waals surface area contributed by atoms with E-state index in [2.05, 4.69) is 22.5 Å². The van der Waals surface area contributed by atoms with E-state index in [1.54, 1.807) is 6.08 Å². The minimum Gasteiger partial charge on any atom is -0.398 e. The molecule has 0 unspecified atom stereocenters. The Balaban J connectivity index is 2.69. The predicted molar refractivity (Wildman–Crippen MR) is 74.1 cm³/mol. The molecular weight excluding hydrogens is 262 g/mol. The Morgan fingerprint density at radius 3 is 2.38 bits per heavy atom. The lowest BCUT2D eigenvalue weighted by Crippen LogP contribution is -1.94. The van der Waals surface area contributed by atoms with E-state index in [-0.39, 0.29) is 0 Å². The van der Waals surface area contributed by atoms with E-state index >= 15 is 0 Å². The van der Waals surface area contributed by atoms with Crippen molar-refractivity contribution < 1.29 is 0 Å². The highest BCUT2D eigenvalue weighted by Gasteiger charge is 2.09. The summed E-state index contributed by atoms with van der Waals surface area (Å²) in [4.78, 5) is 0. The van der Waals surface area contributed by atoms with Gasteiger partial charge in [-0.3, -0.25) is 0 Å². The summed E-state index contributed by atoms with van der Waals surface area (Å²) in [6.07, 6.45) is 1.77. The molecule has 2 aromatic carbocycles. The Hall–Kier alpha value is -1.54. The second-order valence-corrected chi connectivity index (χ2v) is 4.35. The van der Waals surface area contributed by atoms with Gasteiger partial charge in [-0.15, -0.1) is 0 Å². The Kier molecular flexibility index (Phi) is 3.11. The average Bonchev–Trinajstić information content (AvgIpc) is 2.31. The topological polar surface area (TPSA) is 26.0 Å². The molecule has 0 spiro atoms. The highest BCUT2D eigenvalue weighted by atomic mass is 79.9. The summed E-state index contributed by atoms with van der Waals surface area (Å²) in [5, 5.41) is 0. The van der Waals surface area contributed by atoms with Gasteiger partial charge in [0.05, 0.1) is 0 Å². The van der Waals surface area contributed by atoms with Crippen LogP contribution in [0.5, 0.6) is 0 Å². The summed E-state index contributed by atoms with van der Waals surface area (Å²) >= 11 is 3.53. The molecule has 0 saturated heterocycles. The van der Waals surface area contributed by atoms with Crippen LogP contribution in [0.3, 0.4) is 0 Å². The smallest absolute Gasteiger partial charge is 0.0478 e. The molecule has 0 aliphatic rings. The minimum absolute atomic E-state index is 0.760. The maximum atomic E-state index is 6.13. The van der Waals surface area contributed by atoms with Crippen molar-refractivity contribution in [1.29, 1.82) is 0 Å². The zero-order valence-corrected chi connectivity index (χ0v) is 10.4. The number of nitrogens with two attached hydrogens (primary N) is 1. The summed E-state index contributed by atoms with van der Waals surface area (Å²) in [6, 6.07) is 14.0. The van der Waals surface area contributed by atoms with Crippen molar-refractivity contribution >= 4 is 27.7 Å². The summed E-state index contributed by atoms with van der Waals surface area (Å²) < 4.78 is 1.00. The van der Waals surface area contributed by atoms with Crippen molar-refractivity contribution in [3.05, 3.63) is 59.1 Å². The van der Waals surface area contributed by atoms with Gasteiger partial charge in [0.25, 0.3) is 0 Å². The van der Waals surface area contributed by atoms with Gasteiger partial charge in [0.15, 0.2) is 0 Å². The highest BCUT2D eigenvalue weighted by Crippen LogP contribution is 2.35. The summed E-state index contributed by atoms with van der Waals surface area (Å²) in [5.74, 6) is 0. The zero-order chi connectivity index (χ0) is 11.5. The van der Waals surface area contributed by atoms with E-state index in [1.807, 2.05) is 42.5 Å². The average molecular weight is 274 g/mol. The van der Waals surface area contributed by atoms with Crippen molar-refractivity contribution in [3.8, 4) is 11.1 Å². The van der Waals surface area contributed by atoms with Crippen LogP contribution in [0, 0.1) is 0 Å². The number of nitrogen functional groups attached to an aromatic ring is 1. The van der Waals surface area contributed by atoms with Crippen LogP contribution in [-0.4, -0.2) is 0 Å². The third-order valence-corrected chi connectivity index (χ3v) is 3.17. The lowest BCUT2D eigenvalue weighted by atomic mass is 10.0. The second-order valence-electron chi connectivity index (χ2n) is 3.50. The molecule has 2 rings (SSSR count). The van der Waals surface area contributed by atoms with Crippen molar-refractivity contribution in [2.24, 2.45) is 0 Å². The van der Waals surface area contributed by atoms with Gasteiger partial charge in [-0.1, -0.05) is 65.0 Å². The van der Waals surface area contributed by atoms with E-state index in [0.29, 0.717) is 0 Å². The van der Waals surface area contributed by atoms with Gasteiger partial charge in [-0.25, -0.2) is 0 Å². The third-order valence-electron chi connectivity index (χ3n) is 2.51. The molecule has 0 aromatic heterocycles. The first-order valence-corrected chi connectivity index (χ1v) is 5.79. The molecule has 0 heterocycles. The molecule has 2 heteroatoms. The molecule has 0 radical (unpaired) electrons. The molecule has 0 aliphatic heterocycles. The summed E-state index contributed by atoms with van der Waals surface area (Å²) in [7, 11) is 0. The van der Waals surface area contributed by atoms with Crippen molar-refractivity contribution in [2.75, 3.05) is 5.73 Å². The van der Waals surface area contributed by atoms with Crippen LogP contribution >= 0.6 is 15.9 Å². The van der Waals surface area contributed by atoms with Crippen LogP contribution in [0.1, 0.15) is 5.56 Å². The first-order chi connectivity index (χ1) is 7.74. The maximum absolute atomic E-state index is 6.13. The van der Waals surface area contributed by atoms with Gasteiger partial charge in [-0.05, 0) is 17.2 Å². The van der Waals surface area contributed by atoms with Gasteiger partial charge in [0.1, 0.15) is 0 Å². The Morgan fingerprint density at radius 2 is 1.75 bits per heavy atom. The van der Waals surface area contributed by atoms with Crippen LogP contribution in [0.25, 0.3) is 17.2 Å². The number of rotatable bonds is 2. The van der Waals surface area contributed by atoms with Gasteiger partial charge >= 0.3 is 0 Å². The van der Waals surface area contributed by atoms with Gasteiger partial charge in [0.2, 0.25) is 0 Å². The fourth-order valence-corrected chi connectivity index (χ4v) is 2.26. The fraction of sp³-hybridized carbons (Fsp3) is 0. The van der Waals surface area contributed by atoms with Crippen molar-refractivity contribution in [2.45, 2.75) is 0 Å². The monoisotopic (exact) mass is 273 g/mol. The normalized spacial score (nSPS) is 10.1. The number of hydrogen-bond acceptors (Lipinski definition) is 1. The predicted octanol–water partition coefficient (Wildman–Crippen LogP) is 4.34. The van der Waals surface area contributed by atoms with Crippen molar-refractivity contribution in [1.82, 2.24) is 0 Å². The second kappa shape index (κ2) is 4.54. The molecule has 0 fully saturated rings. The molecular formula is C14H12BrN.